The molecule has 16 heavy (non-hydrogen) atoms. The second-order valence-corrected chi connectivity index (χ2v) is 4.55. The third-order valence-corrected chi connectivity index (χ3v) is 3.68. The van der Waals surface area contributed by atoms with Gasteiger partial charge in [-0.25, -0.2) is 0 Å². The summed E-state index contributed by atoms with van der Waals surface area (Å²) >= 11 is 1.77. The van der Waals surface area contributed by atoms with E-state index in [0.717, 1.165) is 5.69 Å². The molecule has 0 saturated heterocycles. The third kappa shape index (κ3) is 1.32. The molecule has 0 saturated carbocycles. The lowest BCUT2D eigenvalue weighted by atomic mass is 10.2. The van der Waals surface area contributed by atoms with Crippen LogP contribution in [-0.2, 0) is 0 Å². The molecular formula is C13H10N2S. The predicted octanol–water partition coefficient (Wildman–Crippen LogP) is 3.83. The van der Waals surface area contributed by atoms with Crippen molar-refractivity contribution in [2.45, 2.75) is 9.79 Å². The van der Waals surface area contributed by atoms with Crippen molar-refractivity contribution in [1.82, 2.24) is 4.98 Å². The first kappa shape index (κ1) is 9.48. The fraction of sp³-hybridized carbons (Fsp3) is 0. The van der Waals surface area contributed by atoms with Gasteiger partial charge in [-0.05, 0) is 18.2 Å². The number of fused-ring (bicyclic) bond motifs is 2. The number of rotatable bonds is 1. The highest BCUT2D eigenvalue weighted by atomic mass is 32.2. The lowest BCUT2D eigenvalue weighted by Gasteiger charge is -2.29. The molecule has 0 fully saturated rings. The maximum Gasteiger partial charge on any atom is 0.0780 e. The van der Waals surface area contributed by atoms with Gasteiger partial charge in [-0.1, -0.05) is 30.5 Å². The predicted molar refractivity (Wildman–Crippen MR) is 67.1 cm³/mol. The van der Waals surface area contributed by atoms with Gasteiger partial charge >= 0.3 is 0 Å². The van der Waals surface area contributed by atoms with Crippen LogP contribution in [0.5, 0.6) is 0 Å². The van der Waals surface area contributed by atoms with Crippen molar-refractivity contribution in [2.24, 2.45) is 0 Å². The fourth-order valence-corrected chi connectivity index (χ4v) is 2.87. The quantitative estimate of drug-likeness (QED) is 0.735. The Hall–Kier alpha value is -1.74. The Labute approximate surface area is 98.6 Å². The van der Waals surface area contributed by atoms with Gasteiger partial charge in [-0.2, -0.15) is 0 Å². The summed E-state index contributed by atoms with van der Waals surface area (Å²) in [6.07, 6.45) is 5.53. The van der Waals surface area contributed by atoms with Gasteiger partial charge < -0.3 is 4.90 Å². The Balaban J connectivity index is 2.23. The Kier molecular flexibility index (Phi) is 2.18. The molecule has 3 rings (SSSR count). The van der Waals surface area contributed by atoms with E-state index in [-0.39, 0.29) is 0 Å². The van der Waals surface area contributed by atoms with Crippen LogP contribution in [0.15, 0.2) is 65.3 Å². The molecule has 0 bridgehead atoms. The van der Waals surface area contributed by atoms with E-state index < -0.39 is 0 Å². The minimum atomic E-state index is 1.10. The van der Waals surface area contributed by atoms with Crippen LogP contribution in [0.3, 0.4) is 0 Å². The van der Waals surface area contributed by atoms with Crippen LogP contribution < -0.4 is 4.90 Å². The van der Waals surface area contributed by atoms with Gasteiger partial charge in [0.2, 0.25) is 0 Å². The SMILES string of the molecule is C=CN1c2ccccc2Sc2ccncc21. The average molecular weight is 226 g/mol. The molecule has 2 aromatic rings. The largest absolute Gasteiger partial charge is 0.314 e. The van der Waals surface area contributed by atoms with Gasteiger partial charge in [0.05, 0.1) is 17.6 Å². The summed E-state index contributed by atoms with van der Waals surface area (Å²) in [7, 11) is 0. The molecule has 78 valence electrons. The molecule has 0 unspecified atom stereocenters. The second kappa shape index (κ2) is 3.68. The van der Waals surface area contributed by atoms with E-state index in [1.54, 1.807) is 11.8 Å². The van der Waals surface area contributed by atoms with Gasteiger partial charge in [-0.15, -0.1) is 0 Å². The van der Waals surface area contributed by atoms with Crippen molar-refractivity contribution < 1.29 is 0 Å². The highest BCUT2D eigenvalue weighted by molar-refractivity contribution is 7.99. The number of anilines is 2. The lowest BCUT2D eigenvalue weighted by molar-refractivity contribution is 1.13. The molecule has 0 radical (unpaired) electrons. The van der Waals surface area contributed by atoms with Crippen molar-refractivity contribution in [3.05, 3.63) is 55.5 Å². The van der Waals surface area contributed by atoms with Crippen molar-refractivity contribution in [1.29, 1.82) is 0 Å². The number of para-hydroxylation sites is 1. The van der Waals surface area contributed by atoms with Crippen LogP contribution in [-0.4, -0.2) is 4.98 Å². The first-order valence-corrected chi connectivity index (χ1v) is 5.84. The highest BCUT2D eigenvalue weighted by Crippen LogP contribution is 2.47. The topological polar surface area (TPSA) is 16.1 Å². The first-order valence-electron chi connectivity index (χ1n) is 5.03. The smallest absolute Gasteiger partial charge is 0.0780 e. The highest BCUT2D eigenvalue weighted by Gasteiger charge is 2.20. The van der Waals surface area contributed by atoms with E-state index >= 15 is 0 Å². The number of hydrogen-bond acceptors (Lipinski definition) is 3. The van der Waals surface area contributed by atoms with Crippen LogP contribution in [0.1, 0.15) is 0 Å². The minimum Gasteiger partial charge on any atom is -0.314 e. The van der Waals surface area contributed by atoms with Gasteiger partial charge in [0.25, 0.3) is 0 Å². The number of aromatic nitrogens is 1. The zero-order chi connectivity index (χ0) is 11.0. The standard InChI is InChI=1S/C13H10N2S/c1-2-15-10-5-3-4-6-12(10)16-13-7-8-14-9-11(13)15/h2-9H,1H2. The summed E-state index contributed by atoms with van der Waals surface area (Å²) in [5, 5.41) is 0. The molecule has 0 aliphatic carbocycles. The van der Waals surface area contributed by atoms with E-state index in [1.165, 1.54) is 15.5 Å². The molecule has 0 atom stereocenters. The fourth-order valence-electron chi connectivity index (χ4n) is 1.83. The summed E-state index contributed by atoms with van der Waals surface area (Å²) in [5.74, 6) is 0. The molecule has 0 N–H and O–H groups in total. The number of nitrogens with zero attached hydrogens (tertiary/aromatic N) is 2. The monoisotopic (exact) mass is 226 g/mol. The van der Waals surface area contributed by atoms with Crippen LogP contribution in [0.4, 0.5) is 11.4 Å². The van der Waals surface area contributed by atoms with E-state index in [1.807, 2.05) is 30.7 Å². The lowest BCUT2D eigenvalue weighted by Crippen LogP contribution is -2.13. The summed E-state index contributed by atoms with van der Waals surface area (Å²) in [4.78, 5) is 8.71. The van der Waals surface area contributed by atoms with Crippen molar-refractivity contribution in [3.8, 4) is 0 Å². The third-order valence-electron chi connectivity index (χ3n) is 2.55. The molecule has 2 nitrogen and oxygen atoms in total. The van der Waals surface area contributed by atoms with Crippen molar-refractivity contribution in [3.63, 3.8) is 0 Å². The molecule has 3 heteroatoms. The maximum absolute atomic E-state index is 4.17. The van der Waals surface area contributed by atoms with Crippen LogP contribution in [0.25, 0.3) is 0 Å². The van der Waals surface area contributed by atoms with Crippen LogP contribution in [0, 0.1) is 0 Å². The number of benzene rings is 1. The van der Waals surface area contributed by atoms with E-state index in [0.29, 0.717) is 0 Å². The minimum absolute atomic E-state index is 1.10. The van der Waals surface area contributed by atoms with Crippen LogP contribution >= 0.6 is 11.8 Å². The average Bonchev–Trinajstić information content (AvgIpc) is 2.36. The zero-order valence-corrected chi connectivity index (χ0v) is 9.45. The summed E-state index contributed by atoms with van der Waals surface area (Å²) in [6, 6.07) is 10.4. The Morgan fingerprint density at radius 2 is 1.94 bits per heavy atom. The van der Waals surface area contributed by atoms with Gasteiger partial charge in [0.15, 0.2) is 0 Å². The molecule has 1 aromatic carbocycles. The van der Waals surface area contributed by atoms with Gasteiger partial charge in [0, 0.05) is 22.2 Å². The van der Waals surface area contributed by atoms with E-state index in [2.05, 4.69) is 34.7 Å². The molecule has 1 aliphatic rings. The first-order chi connectivity index (χ1) is 7.90. The van der Waals surface area contributed by atoms with E-state index in [4.69, 9.17) is 0 Å². The molecule has 2 heterocycles. The van der Waals surface area contributed by atoms with Crippen molar-refractivity contribution >= 4 is 23.1 Å². The van der Waals surface area contributed by atoms with Gasteiger partial charge in [0.1, 0.15) is 0 Å². The Morgan fingerprint density at radius 1 is 1.12 bits per heavy atom. The molecule has 1 aliphatic heterocycles. The molecule has 0 spiro atoms. The molecule has 0 amide bonds. The zero-order valence-electron chi connectivity index (χ0n) is 8.63. The maximum atomic E-state index is 4.17. The number of pyridine rings is 1. The second-order valence-electron chi connectivity index (χ2n) is 3.47. The number of hydrogen-bond donors (Lipinski definition) is 0. The Bertz CT molecular complexity index is 506. The van der Waals surface area contributed by atoms with E-state index in [9.17, 15) is 0 Å². The summed E-state index contributed by atoms with van der Waals surface area (Å²) in [6.45, 7) is 3.87. The molecule has 1 aromatic heterocycles. The van der Waals surface area contributed by atoms with Crippen molar-refractivity contribution in [2.75, 3.05) is 4.90 Å². The summed E-state index contributed by atoms with van der Waals surface area (Å²) in [5.41, 5.74) is 2.27. The van der Waals surface area contributed by atoms with Gasteiger partial charge in [-0.3, -0.25) is 4.98 Å². The Morgan fingerprint density at radius 3 is 2.81 bits per heavy atom. The normalized spacial score (nSPS) is 12.9. The summed E-state index contributed by atoms with van der Waals surface area (Å²) < 4.78 is 0. The van der Waals surface area contributed by atoms with Crippen LogP contribution in [0.2, 0.25) is 0 Å². The molecular weight excluding hydrogens is 216 g/mol.